The predicted octanol–water partition coefficient (Wildman–Crippen LogP) is 3.59. The van der Waals surface area contributed by atoms with Gasteiger partial charge in [0.15, 0.2) is 5.82 Å². The highest BCUT2D eigenvalue weighted by atomic mass is 35.5. The van der Waals surface area contributed by atoms with Gasteiger partial charge in [-0.2, -0.15) is 0 Å². The zero-order chi connectivity index (χ0) is 14.7. The molecule has 1 aromatic carbocycles. The summed E-state index contributed by atoms with van der Waals surface area (Å²) >= 11 is 6.25. The van der Waals surface area contributed by atoms with Gasteiger partial charge < -0.3 is 10.5 Å². The number of nitrogen functional groups attached to an aromatic ring is 1. The lowest BCUT2D eigenvalue weighted by Gasteiger charge is -2.11. The lowest BCUT2D eigenvalue weighted by atomic mass is 10.1. The van der Waals surface area contributed by atoms with Crippen LogP contribution < -0.4 is 10.5 Å². The van der Waals surface area contributed by atoms with Crippen molar-refractivity contribution in [2.45, 2.75) is 20.3 Å². The molecule has 2 rings (SSSR count). The molecule has 5 heteroatoms. The van der Waals surface area contributed by atoms with Crippen LogP contribution in [0.1, 0.15) is 19.5 Å². The summed E-state index contributed by atoms with van der Waals surface area (Å²) in [6.45, 7) is 4.27. The summed E-state index contributed by atoms with van der Waals surface area (Å²) < 4.78 is 5.34. The van der Waals surface area contributed by atoms with Gasteiger partial charge in [-0.05, 0) is 24.5 Å². The molecule has 0 bridgehead atoms. The average molecular weight is 292 g/mol. The van der Waals surface area contributed by atoms with E-state index in [-0.39, 0.29) is 0 Å². The van der Waals surface area contributed by atoms with Crippen LogP contribution in [-0.2, 0) is 6.42 Å². The number of hydrogen-bond acceptors (Lipinski definition) is 4. The summed E-state index contributed by atoms with van der Waals surface area (Å²) in [6, 6.07) is 7.24. The molecule has 0 saturated heterocycles. The second-order valence-corrected chi connectivity index (χ2v) is 5.43. The first-order valence-electron chi connectivity index (χ1n) is 6.47. The van der Waals surface area contributed by atoms with Crippen LogP contribution in [0, 0.1) is 5.92 Å². The molecule has 0 unspecified atom stereocenters. The zero-order valence-electron chi connectivity index (χ0n) is 11.9. The third-order valence-electron chi connectivity index (χ3n) is 2.84. The number of aromatic nitrogens is 2. The molecule has 0 saturated carbocycles. The van der Waals surface area contributed by atoms with E-state index in [2.05, 4.69) is 23.8 Å². The Balaban J connectivity index is 2.55. The van der Waals surface area contributed by atoms with Gasteiger partial charge in [-0.3, -0.25) is 0 Å². The van der Waals surface area contributed by atoms with E-state index < -0.39 is 0 Å². The molecule has 4 nitrogen and oxygen atoms in total. The Kier molecular flexibility index (Phi) is 4.45. The molecule has 1 aromatic heterocycles. The topological polar surface area (TPSA) is 61.0 Å². The normalized spacial score (nSPS) is 10.8. The molecule has 20 heavy (non-hydrogen) atoms. The number of ether oxygens (including phenoxy) is 1. The second kappa shape index (κ2) is 6.09. The molecule has 0 amide bonds. The Labute approximate surface area is 124 Å². The first-order chi connectivity index (χ1) is 9.51. The van der Waals surface area contributed by atoms with Gasteiger partial charge >= 0.3 is 0 Å². The highest BCUT2D eigenvalue weighted by molar-refractivity contribution is 6.33. The summed E-state index contributed by atoms with van der Waals surface area (Å²) in [5.41, 5.74) is 7.46. The minimum absolute atomic E-state index is 0.438. The minimum atomic E-state index is 0.438. The SMILES string of the molecule is COc1cccc(Cl)c1-c1nc(N)cc(CC(C)C)n1. The van der Waals surface area contributed by atoms with Crippen molar-refractivity contribution in [3.05, 3.63) is 35.0 Å². The van der Waals surface area contributed by atoms with E-state index in [1.54, 1.807) is 19.2 Å². The van der Waals surface area contributed by atoms with Gasteiger partial charge in [0.2, 0.25) is 0 Å². The van der Waals surface area contributed by atoms with Crippen molar-refractivity contribution >= 4 is 17.4 Å². The monoisotopic (exact) mass is 291 g/mol. The lowest BCUT2D eigenvalue weighted by molar-refractivity contribution is 0.416. The van der Waals surface area contributed by atoms with Crippen LogP contribution >= 0.6 is 11.6 Å². The van der Waals surface area contributed by atoms with Crippen LogP contribution in [0.25, 0.3) is 11.4 Å². The molecule has 0 atom stereocenters. The number of anilines is 1. The van der Waals surface area contributed by atoms with Crippen LogP contribution in [0.2, 0.25) is 5.02 Å². The molecule has 0 fully saturated rings. The number of benzene rings is 1. The summed E-state index contributed by atoms with van der Waals surface area (Å²) in [5, 5.41) is 0.547. The largest absolute Gasteiger partial charge is 0.496 e. The molecule has 1 heterocycles. The molecule has 106 valence electrons. The quantitative estimate of drug-likeness (QED) is 0.935. The minimum Gasteiger partial charge on any atom is -0.496 e. The van der Waals surface area contributed by atoms with Crippen LogP contribution in [0.4, 0.5) is 5.82 Å². The summed E-state index contributed by atoms with van der Waals surface area (Å²) in [6.07, 6.45) is 0.840. The third kappa shape index (κ3) is 3.20. The summed E-state index contributed by atoms with van der Waals surface area (Å²) in [7, 11) is 1.59. The Morgan fingerprint density at radius 1 is 1.30 bits per heavy atom. The van der Waals surface area contributed by atoms with Crippen molar-refractivity contribution in [3.63, 3.8) is 0 Å². The molecular formula is C15H18ClN3O. The zero-order valence-corrected chi connectivity index (χ0v) is 12.6. The van der Waals surface area contributed by atoms with Crippen molar-refractivity contribution in [1.29, 1.82) is 0 Å². The molecule has 0 aliphatic rings. The van der Waals surface area contributed by atoms with Gasteiger partial charge in [-0.25, -0.2) is 9.97 Å². The molecule has 0 spiro atoms. The van der Waals surface area contributed by atoms with E-state index in [4.69, 9.17) is 22.1 Å². The number of halogens is 1. The number of methoxy groups -OCH3 is 1. The second-order valence-electron chi connectivity index (χ2n) is 5.02. The van der Waals surface area contributed by atoms with Gasteiger partial charge in [0.1, 0.15) is 11.6 Å². The Hall–Kier alpha value is -1.81. The molecular weight excluding hydrogens is 274 g/mol. The first-order valence-corrected chi connectivity index (χ1v) is 6.85. The molecule has 2 N–H and O–H groups in total. The van der Waals surface area contributed by atoms with Crippen LogP contribution in [-0.4, -0.2) is 17.1 Å². The van der Waals surface area contributed by atoms with Gasteiger partial charge in [0, 0.05) is 11.8 Å². The van der Waals surface area contributed by atoms with Crippen molar-refractivity contribution in [2.24, 2.45) is 5.92 Å². The van der Waals surface area contributed by atoms with Gasteiger partial charge in [-0.1, -0.05) is 31.5 Å². The number of nitrogens with two attached hydrogens (primary N) is 1. The van der Waals surface area contributed by atoms with Crippen LogP contribution in [0.15, 0.2) is 24.3 Å². The maximum Gasteiger partial charge on any atom is 0.167 e. The van der Waals surface area contributed by atoms with Crippen molar-refractivity contribution in [3.8, 4) is 17.1 Å². The van der Waals surface area contributed by atoms with E-state index >= 15 is 0 Å². The Bertz CT molecular complexity index is 614. The summed E-state index contributed by atoms with van der Waals surface area (Å²) in [4.78, 5) is 8.84. The Morgan fingerprint density at radius 2 is 2.05 bits per heavy atom. The van der Waals surface area contributed by atoms with Crippen LogP contribution in [0.5, 0.6) is 5.75 Å². The van der Waals surface area contributed by atoms with Gasteiger partial charge in [-0.15, -0.1) is 0 Å². The number of hydrogen-bond donors (Lipinski definition) is 1. The fourth-order valence-corrected chi connectivity index (χ4v) is 2.30. The van der Waals surface area contributed by atoms with Gasteiger partial charge in [0.05, 0.1) is 17.7 Å². The standard InChI is InChI=1S/C15H18ClN3O/c1-9(2)7-10-8-13(17)19-15(18-10)14-11(16)5-4-6-12(14)20-3/h4-6,8-9H,7H2,1-3H3,(H2,17,18,19). The molecule has 0 aliphatic carbocycles. The van der Waals surface area contributed by atoms with Crippen molar-refractivity contribution in [2.75, 3.05) is 12.8 Å². The van der Waals surface area contributed by atoms with E-state index in [0.29, 0.717) is 33.9 Å². The Morgan fingerprint density at radius 3 is 2.70 bits per heavy atom. The fourth-order valence-electron chi connectivity index (χ4n) is 2.04. The molecule has 2 aromatic rings. The lowest BCUT2D eigenvalue weighted by Crippen LogP contribution is -2.04. The van der Waals surface area contributed by atoms with E-state index in [9.17, 15) is 0 Å². The highest BCUT2D eigenvalue weighted by Crippen LogP contribution is 2.34. The molecule has 0 aliphatic heterocycles. The number of nitrogens with zero attached hydrogens (tertiary/aromatic N) is 2. The van der Waals surface area contributed by atoms with Crippen molar-refractivity contribution in [1.82, 2.24) is 9.97 Å². The average Bonchev–Trinajstić information content (AvgIpc) is 2.36. The highest BCUT2D eigenvalue weighted by Gasteiger charge is 2.15. The maximum atomic E-state index is 6.25. The molecule has 0 radical (unpaired) electrons. The van der Waals surface area contributed by atoms with Crippen LogP contribution in [0.3, 0.4) is 0 Å². The predicted molar refractivity (Wildman–Crippen MR) is 82.0 cm³/mol. The van der Waals surface area contributed by atoms with E-state index in [1.807, 2.05) is 12.1 Å². The maximum absolute atomic E-state index is 6.25. The van der Waals surface area contributed by atoms with Crippen molar-refractivity contribution < 1.29 is 4.74 Å². The van der Waals surface area contributed by atoms with Gasteiger partial charge in [0.25, 0.3) is 0 Å². The van der Waals surface area contributed by atoms with E-state index in [1.165, 1.54) is 0 Å². The fraction of sp³-hybridized carbons (Fsp3) is 0.333. The smallest absolute Gasteiger partial charge is 0.167 e. The first kappa shape index (κ1) is 14.6. The summed E-state index contributed by atoms with van der Waals surface area (Å²) in [5.74, 6) is 2.07. The van der Waals surface area contributed by atoms with E-state index in [0.717, 1.165) is 12.1 Å². The third-order valence-corrected chi connectivity index (χ3v) is 3.15. The number of rotatable bonds is 4.